The van der Waals surface area contributed by atoms with E-state index in [4.69, 9.17) is 0 Å². The highest BCUT2D eigenvalue weighted by Crippen LogP contribution is 2.46. The summed E-state index contributed by atoms with van der Waals surface area (Å²) in [4.78, 5) is 12.7. The summed E-state index contributed by atoms with van der Waals surface area (Å²) in [6, 6.07) is 0.533. The Morgan fingerprint density at radius 3 is 2.52 bits per heavy atom. The van der Waals surface area contributed by atoms with Gasteiger partial charge in [-0.05, 0) is 46.5 Å². The van der Waals surface area contributed by atoms with Gasteiger partial charge in [-0.3, -0.25) is 9.48 Å². The summed E-state index contributed by atoms with van der Waals surface area (Å²) < 4.78 is 4.07. The van der Waals surface area contributed by atoms with Crippen LogP contribution in [0, 0.1) is 13.8 Å². The Bertz CT molecular complexity index is 817. The molecule has 4 rings (SSSR count). The van der Waals surface area contributed by atoms with Crippen molar-refractivity contribution in [2.75, 3.05) is 5.32 Å². The first-order valence-corrected chi connectivity index (χ1v) is 9.76. The quantitative estimate of drug-likeness (QED) is 0.802. The van der Waals surface area contributed by atoms with Crippen LogP contribution in [0.25, 0.3) is 0 Å². The lowest BCUT2D eigenvalue weighted by atomic mass is 10.3. The molecule has 2 fully saturated rings. The zero-order chi connectivity index (χ0) is 17.7. The van der Waals surface area contributed by atoms with Gasteiger partial charge in [-0.2, -0.15) is 5.10 Å². The molecule has 134 valence electrons. The molecule has 0 spiro atoms. The second-order valence-corrected chi connectivity index (χ2v) is 8.44. The van der Waals surface area contributed by atoms with Gasteiger partial charge in [0.2, 0.25) is 5.91 Å². The van der Waals surface area contributed by atoms with E-state index >= 15 is 0 Å². The van der Waals surface area contributed by atoms with Gasteiger partial charge < -0.3 is 9.88 Å². The van der Waals surface area contributed by atoms with Gasteiger partial charge in [0, 0.05) is 19.0 Å². The number of nitrogens with zero attached hydrogens (tertiary/aromatic N) is 5. The molecule has 25 heavy (non-hydrogen) atoms. The van der Waals surface area contributed by atoms with Gasteiger partial charge in [0.1, 0.15) is 5.82 Å². The predicted molar refractivity (Wildman–Crippen MR) is 96.9 cm³/mol. The van der Waals surface area contributed by atoms with E-state index in [-0.39, 0.29) is 11.2 Å². The molecule has 0 radical (unpaired) electrons. The van der Waals surface area contributed by atoms with Gasteiger partial charge in [-0.25, -0.2) is 0 Å². The van der Waals surface area contributed by atoms with Gasteiger partial charge in [0.25, 0.3) is 0 Å². The van der Waals surface area contributed by atoms with Crippen LogP contribution in [-0.4, -0.2) is 35.7 Å². The highest BCUT2D eigenvalue weighted by atomic mass is 32.2. The first-order chi connectivity index (χ1) is 12.0. The lowest BCUT2D eigenvalue weighted by Gasteiger charge is -2.13. The molecule has 1 amide bonds. The molecule has 8 heteroatoms. The Morgan fingerprint density at radius 1 is 1.24 bits per heavy atom. The zero-order valence-electron chi connectivity index (χ0n) is 15.1. The van der Waals surface area contributed by atoms with Crippen LogP contribution in [0.5, 0.6) is 0 Å². The number of anilines is 1. The summed E-state index contributed by atoms with van der Waals surface area (Å²) in [5.74, 6) is 1.67. The Morgan fingerprint density at radius 2 is 1.96 bits per heavy atom. The van der Waals surface area contributed by atoms with Crippen molar-refractivity contribution in [3.63, 3.8) is 0 Å². The minimum atomic E-state index is -0.243. The van der Waals surface area contributed by atoms with E-state index < -0.39 is 0 Å². The van der Waals surface area contributed by atoms with Crippen molar-refractivity contribution in [2.45, 2.75) is 68.8 Å². The standard InChI is InChI=1S/C17H24N6OS/c1-9-14(10(2)22(4)21-9)18-16(24)11(3)25-17-20-19-15(12-5-6-12)23(17)13-7-8-13/h11-13H,5-8H2,1-4H3,(H,18,24)/t11-/m0/s1. The molecular formula is C17H24N6OS. The minimum Gasteiger partial charge on any atom is -0.322 e. The van der Waals surface area contributed by atoms with Crippen LogP contribution < -0.4 is 5.32 Å². The molecule has 2 saturated carbocycles. The molecule has 2 aromatic rings. The van der Waals surface area contributed by atoms with Crippen molar-refractivity contribution in [3.05, 3.63) is 17.2 Å². The molecule has 1 atom stereocenters. The number of amides is 1. The number of thioether (sulfide) groups is 1. The Hall–Kier alpha value is -1.83. The molecule has 0 unspecified atom stereocenters. The average Bonchev–Trinajstić information content (AvgIpc) is 3.49. The third-order valence-corrected chi connectivity index (χ3v) is 6.01. The Labute approximate surface area is 151 Å². The topological polar surface area (TPSA) is 77.6 Å². The van der Waals surface area contributed by atoms with Crippen molar-refractivity contribution in [2.24, 2.45) is 7.05 Å². The number of carbonyl (C=O) groups is 1. The van der Waals surface area contributed by atoms with Crippen molar-refractivity contribution < 1.29 is 4.79 Å². The Balaban J connectivity index is 1.48. The number of hydrogen-bond donors (Lipinski definition) is 1. The molecule has 2 aromatic heterocycles. The van der Waals surface area contributed by atoms with E-state index in [0.717, 1.165) is 28.1 Å². The van der Waals surface area contributed by atoms with Gasteiger partial charge in [-0.15, -0.1) is 10.2 Å². The third-order valence-electron chi connectivity index (χ3n) is 4.95. The highest BCUT2D eigenvalue weighted by Gasteiger charge is 2.37. The monoisotopic (exact) mass is 360 g/mol. The second kappa shape index (κ2) is 6.16. The summed E-state index contributed by atoms with van der Waals surface area (Å²) in [6.45, 7) is 5.79. The fourth-order valence-corrected chi connectivity index (χ4v) is 3.98. The van der Waals surface area contributed by atoms with Crippen molar-refractivity contribution in [3.8, 4) is 0 Å². The number of nitrogens with one attached hydrogen (secondary N) is 1. The van der Waals surface area contributed by atoms with Gasteiger partial charge in [-0.1, -0.05) is 11.8 Å². The normalized spacial score (nSPS) is 18.4. The smallest absolute Gasteiger partial charge is 0.237 e. The molecule has 0 saturated heterocycles. The molecule has 2 aliphatic rings. The van der Waals surface area contributed by atoms with Crippen LogP contribution in [-0.2, 0) is 11.8 Å². The van der Waals surface area contributed by atoms with Crippen molar-refractivity contribution in [1.82, 2.24) is 24.5 Å². The fraction of sp³-hybridized carbons (Fsp3) is 0.647. The van der Waals surface area contributed by atoms with Crippen LogP contribution in [0.1, 0.15) is 61.8 Å². The average molecular weight is 360 g/mol. The SMILES string of the molecule is Cc1nn(C)c(C)c1NC(=O)[C@H](C)Sc1nnc(C2CC2)n1C1CC1. The van der Waals surface area contributed by atoms with E-state index in [1.54, 1.807) is 4.68 Å². The third kappa shape index (κ3) is 3.19. The Kier molecular flexibility index (Phi) is 4.10. The van der Waals surface area contributed by atoms with Gasteiger partial charge in [0.15, 0.2) is 5.16 Å². The molecule has 7 nitrogen and oxygen atoms in total. The maximum Gasteiger partial charge on any atom is 0.237 e. The first kappa shape index (κ1) is 16.6. The number of carbonyl (C=O) groups excluding carboxylic acids is 1. The van der Waals surface area contributed by atoms with Crippen molar-refractivity contribution in [1.29, 1.82) is 0 Å². The molecule has 2 heterocycles. The maximum atomic E-state index is 12.7. The molecule has 0 aliphatic heterocycles. The van der Waals surface area contributed by atoms with Crippen LogP contribution >= 0.6 is 11.8 Å². The van der Waals surface area contributed by atoms with Crippen LogP contribution in [0.2, 0.25) is 0 Å². The number of aromatic nitrogens is 5. The lowest BCUT2D eigenvalue weighted by Crippen LogP contribution is -2.23. The van der Waals surface area contributed by atoms with Crippen molar-refractivity contribution >= 4 is 23.4 Å². The predicted octanol–water partition coefficient (Wildman–Crippen LogP) is 2.96. The van der Waals surface area contributed by atoms with Crippen LogP contribution in [0.15, 0.2) is 5.16 Å². The van der Waals surface area contributed by atoms with E-state index in [9.17, 15) is 4.79 Å². The zero-order valence-corrected chi connectivity index (χ0v) is 15.9. The minimum absolute atomic E-state index is 0.0254. The lowest BCUT2D eigenvalue weighted by molar-refractivity contribution is -0.115. The summed E-state index contributed by atoms with van der Waals surface area (Å²) >= 11 is 1.50. The van der Waals surface area contributed by atoms with Gasteiger partial charge >= 0.3 is 0 Å². The van der Waals surface area contributed by atoms with Crippen LogP contribution in [0.4, 0.5) is 5.69 Å². The second-order valence-electron chi connectivity index (χ2n) is 7.13. The fourth-order valence-electron chi connectivity index (χ4n) is 3.06. The van der Waals surface area contributed by atoms with E-state index in [1.807, 2.05) is 27.8 Å². The summed E-state index contributed by atoms with van der Waals surface area (Å²) in [5, 5.41) is 16.8. The molecule has 0 bridgehead atoms. The molecule has 2 aliphatic carbocycles. The van der Waals surface area contributed by atoms with Gasteiger partial charge in [0.05, 0.1) is 22.3 Å². The highest BCUT2D eigenvalue weighted by molar-refractivity contribution is 8.00. The molecule has 1 N–H and O–H groups in total. The summed E-state index contributed by atoms with van der Waals surface area (Å²) in [6.07, 6.45) is 4.82. The molecule has 0 aromatic carbocycles. The summed E-state index contributed by atoms with van der Waals surface area (Å²) in [5.41, 5.74) is 2.60. The van der Waals surface area contributed by atoms with E-state index in [2.05, 4.69) is 25.2 Å². The number of hydrogen-bond acceptors (Lipinski definition) is 5. The molecular weight excluding hydrogens is 336 g/mol. The largest absolute Gasteiger partial charge is 0.322 e. The van der Waals surface area contributed by atoms with Crippen LogP contribution in [0.3, 0.4) is 0 Å². The first-order valence-electron chi connectivity index (χ1n) is 8.88. The summed E-state index contributed by atoms with van der Waals surface area (Å²) in [7, 11) is 1.88. The number of rotatable bonds is 6. The number of aryl methyl sites for hydroxylation is 2. The maximum absolute atomic E-state index is 12.7. The van der Waals surface area contributed by atoms with E-state index in [0.29, 0.717) is 12.0 Å². The van der Waals surface area contributed by atoms with E-state index in [1.165, 1.54) is 37.4 Å².